The van der Waals surface area contributed by atoms with E-state index < -0.39 is 6.10 Å². The van der Waals surface area contributed by atoms with Gasteiger partial charge in [0.05, 0.1) is 11.2 Å². The van der Waals surface area contributed by atoms with Gasteiger partial charge in [-0.2, -0.15) is 11.3 Å². The number of hydrogen-bond donors (Lipinski definition) is 1. The van der Waals surface area contributed by atoms with Crippen molar-refractivity contribution in [2.75, 3.05) is 0 Å². The highest BCUT2D eigenvalue weighted by molar-refractivity contribution is 9.10. The number of hydrogen-bond acceptors (Lipinski definition) is 3. The first-order valence-corrected chi connectivity index (χ1v) is 7.24. The fourth-order valence-corrected chi connectivity index (χ4v) is 3.12. The number of fused-ring (bicyclic) bond motifs is 1. The maximum absolute atomic E-state index is 10.3. The van der Waals surface area contributed by atoms with Crippen LogP contribution in [0.1, 0.15) is 17.4 Å². The van der Waals surface area contributed by atoms with E-state index in [2.05, 4.69) is 20.9 Å². The second-order valence-corrected chi connectivity index (χ2v) is 5.64. The fraction of sp³-hybridized carbons (Fsp3) is 0.0714. The van der Waals surface area contributed by atoms with Crippen LogP contribution < -0.4 is 0 Å². The standard InChI is InChI=1S/C14H10BrNOS/c15-11-7-9-3-1-2-4-12(9)16-13(11)14(17)10-5-6-18-8-10/h1-8,14,17H. The molecule has 0 aliphatic carbocycles. The molecular weight excluding hydrogens is 310 g/mol. The zero-order valence-electron chi connectivity index (χ0n) is 9.38. The van der Waals surface area contributed by atoms with Crippen molar-refractivity contribution in [3.8, 4) is 0 Å². The summed E-state index contributed by atoms with van der Waals surface area (Å²) in [5.74, 6) is 0. The van der Waals surface area contributed by atoms with Crippen molar-refractivity contribution >= 4 is 38.2 Å². The maximum Gasteiger partial charge on any atom is 0.123 e. The Morgan fingerprint density at radius 3 is 2.83 bits per heavy atom. The Morgan fingerprint density at radius 2 is 2.06 bits per heavy atom. The lowest BCUT2D eigenvalue weighted by Gasteiger charge is -2.11. The molecule has 0 fully saturated rings. The number of halogens is 1. The van der Waals surface area contributed by atoms with Crippen molar-refractivity contribution in [3.63, 3.8) is 0 Å². The summed E-state index contributed by atoms with van der Waals surface area (Å²) >= 11 is 5.05. The fourth-order valence-electron chi connectivity index (χ4n) is 1.89. The molecule has 0 aliphatic rings. The Hall–Kier alpha value is -1.23. The van der Waals surface area contributed by atoms with Crippen LogP contribution in [-0.4, -0.2) is 10.1 Å². The topological polar surface area (TPSA) is 33.1 Å². The molecular formula is C14H10BrNOS. The summed E-state index contributed by atoms with van der Waals surface area (Å²) in [6.45, 7) is 0. The van der Waals surface area contributed by atoms with E-state index in [1.807, 2.05) is 47.2 Å². The molecule has 2 heterocycles. The molecule has 0 radical (unpaired) electrons. The van der Waals surface area contributed by atoms with Gasteiger partial charge in [0.1, 0.15) is 6.10 Å². The van der Waals surface area contributed by atoms with Gasteiger partial charge >= 0.3 is 0 Å². The van der Waals surface area contributed by atoms with Crippen LogP contribution in [0.2, 0.25) is 0 Å². The third kappa shape index (κ3) is 2.07. The highest BCUT2D eigenvalue weighted by atomic mass is 79.9. The number of rotatable bonds is 2. The molecule has 18 heavy (non-hydrogen) atoms. The van der Waals surface area contributed by atoms with E-state index in [4.69, 9.17) is 0 Å². The van der Waals surface area contributed by atoms with Crippen LogP contribution in [0.5, 0.6) is 0 Å². The normalized spacial score (nSPS) is 12.8. The highest BCUT2D eigenvalue weighted by Crippen LogP contribution is 2.30. The minimum atomic E-state index is -0.685. The number of pyridine rings is 1. The van der Waals surface area contributed by atoms with Gasteiger partial charge in [0, 0.05) is 9.86 Å². The summed E-state index contributed by atoms with van der Waals surface area (Å²) in [6.07, 6.45) is -0.685. The van der Waals surface area contributed by atoms with Crippen molar-refractivity contribution in [1.29, 1.82) is 0 Å². The smallest absolute Gasteiger partial charge is 0.123 e. The molecule has 2 nitrogen and oxygen atoms in total. The van der Waals surface area contributed by atoms with Crippen LogP contribution in [0.4, 0.5) is 0 Å². The van der Waals surface area contributed by atoms with E-state index in [0.29, 0.717) is 5.69 Å². The third-order valence-electron chi connectivity index (χ3n) is 2.82. The first kappa shape index (κ1) is 11.8. The van der Waals surface area contributed by atoms with Crippen LogP contribution in [0, 0.1) is 0 Å². The second kappa shape index (κ2) is 4.80. The van der Waals surface area contributed by atoms with E-state index >= 15 is 0 Å². The van der Waals surface area contributed by atoms with Crippen LogP contribution in [0.15, 0.2) is 51.6 Å². The summed E-state index contributed by atoms with van der Waals surface area (Å²) in [5.41, 5.74) is 2.43. The summed E-state index contributed by atoms with van der Waals surface area (Å²) < 4.78 is 0.833. The van der Waals surface area contributed by atoms with E-state index in [-0.39, 0.29) is 0 Å². The molecule has 2 aromatic heterocycles. The molecule has 4 heteroatoms. The van der Waals surface area contributed by atoms with Gasteiger partial charge in [-0.05, 0) is 50.5 Å². The molecule has 3 aromatic rings. The number of aromatic nitrogens is 1. The van der Waals surface area contributed by atoms with Crippen LogP contribution >= 0.6 is 27.3 Å². The van der Waals surface area contributed by atoms with Crippen molar-refractivity contribution in [2.24, 2.45) is 0 Å². The van der Waals surface area contributed by atoms with Crippen LogP contribution in [0.3, 0.4) is 0 Å². The average Bonchev–Trinajstić information content (AvgIpc) is 2.91. The molecule has 1 atom stereocenters. The van der Waals surface area contributed by atoms with Gasteiger partial charge in [-0.25, -0.2) is 4.98 Å². The van der Waals surface area contributed by atoms with Gasteiger partial charge < -0.3 is 5.11 Å². The maximum atomic E-state index is 10.3. The van der Waals surface area contributed by atoms with Gasteiger partial charge in [0.2, 0.25) is 0 Å². The summed E-state index contributed by atoms with van der Waals surface area (Å²) in [4.78, 5) is 4.54. The van der Waals surface area contributed by atoms with Gasteiger partial charge in [0.15, 0.2) is 0 Å². The van der Waals surface area contributed by atoms with Crippen LogP contribution in [-0.2, 0) is 0 Å². The van der Waals surface area contributed by atoms with E-state index in [9.17, 15) is 5.11 Å². The molecule has 0 saturated carbocycles. The molecule has 0 amide bonds. The molecule has 1 N–H and O–H groups in total. The Labute approximate surface area is 117 Å². The average molecular weight is 320 g/mol. The predicted octanol–water partition coefficient (Wildman–Crippen LogP) is 4.14. The Kier molecular flexibility index (Phi) is 3.16. The molecule has 0 spiro atoms. The van der Waals surface area contributed by atoms with Gasteiger partial charge in [-0.3, -0.25) is 0 Å². The number of para-hydroxylation sites is 1. The monoisotopic (exact) mass is 319 g/mol. The minimum Gasteiger partial charge on any atom is -0.382 e. The highest BCUT2D eigenvalue weighted by Gasteiger charge is 2.16. The minimum absolute atomic E-state index is 0.659. The number of aliphatic hydroxyl groups is 1. The Bertz CT molecular complexity index is 681. The van der Waals surface area contributed by atoms with Gasteiger partial charge in [-0.15, -0.1) is 0 Å². The van der Waals surface area contributed by atoms with Crippen molar-refractivity contribution in [3.05, 3.63) is 62.9 Å². The van der Waals surface area contributed by atoms with E-state index in [1.165, 1.54) is 0 Å². The number of aliphatic hydroxyl groups excluding tert-OH is 1. The molecule has 0 saturated heterocycles. The van der Waals surface area contributed by atoms with Crippen LogP contribution in [0.25, 0.3) is 10.9 Å². The van der Waals surface area contributed by atoms with E-state index in [0.717, 1.165) is 20.9 Å². The first-order valence-electron chi connectivity index (χ1n) is 5.51. The van der Waals surface area contributed by atoms with Gasteiger partial charge in [-0.1, -0.05) is 18.2 Å². The third-order valence-corrected chi connectivity index (χ3v) is 4.16. The summed E-state index contributed by atoms with van der Waals surface area (Å²) in [5, 5.41) is 15.3. The Balaban J connectivity index is 2.14. The molecule has 0 bridgehead atoms. The number of thiophene rings is 1. The SMILES string of the molecule is OC(c1ccsc1)c1nc2ccccc2cc1Br. The lowest BCUT2D eigenvalue weighted by molar-refractivity contribution is 0.215. The zero-order chi connectivity index (χ0) is 12.5. The molecule has 1 aromatic carbocycles. The quantitative estimate of drug-likeness (QED) is 0.770. The largest absolute Gasteiger partial charge is 0.382 e. The molecule has 90 valence electrons. The second-order valence-electron chi connectivity index (χ2n) is 4.01. The number of nitrogens with zero attached hydrogens (tertiary/aromatic N) is 1. The summed E-state index contributed by atoms with van der Waals surface area (Å²) in [7, 11) is 0. The predicted molar refractivity (Wildman–Crippen MR) is 77.8 cm³/mol. The first-order chi connectivity index (χ1) is 8.75. The van der Waals surface area contributed by atoms with Crippen molar-refractivity contribution in [2.45, 2.75) is 6.10 Å². The lowest BCUT2D eigenvalue weighted by atomic mass is 10.1. The molecule has 0 aliphatic heterocycles. The molecule has 3 rings (SSSR count). The molecule has 1 unspecified atom stereocenters. The number of benzene rings is 1. The van der Waals surface area contributed by atoms with Gasteiger partial charge in [0.25, 0.3) is 0 Å². The Morgan fingerprint density at radius 1 is 1.22 bits per heavy atom. The lowest BCUT2D eigenvalue weighted by Crippen LogP contribution is -2.02. The van der Waals surface area contributed by atoms with E-state index in [1.54, 1.807) is 11.3 Å². The zero-order valence-corrected chi connectivity index (χ0v) is 11.8. The van der Waals surface area contributed by atoms with Crippen molar-refractivity contribution in [1.82, 2.24) is 4.98 Å². The summed E-state index contributed by atoms with van der Waals surface area (Å²) in [6, 6.07) is 11.8. The van der Waals surface area contributed by atoms with Crippen molar-refractivity contribution < 1.29 is 5.11 Å².